The zero-order chi connectivity index (χ0) is 18.5. The lowest BCUT2D eigenvalue weighted by atomic mass is 10.1. The number of para-hydroxylation sites is 1. The van der Waals surface area contributed by atoms with Crippen LogP contribution in [0, 0.1) is 0 Å². The van der Waals surface area contributed by atoms with Gasteiger partial charge in [-0.05, 0) is 38.8 Å². The molecule has 0 aromatic heterocycles. The molecule has 138 valence electrons. The first-order chi connectivity index (χ1) is 12.0. The van der Waals surface area contributed by atoms with Gasteiger partial charge in [-0.1, -0.05) is 37.8 Å². The van der Waals surface area contributed by atoms with Crippen molar-refractivity contribution in [2.75, 3.05) is 6.61 Å². The molecule has 5 heteroatoms. The van der Waals surface area contributed by atoms with E-state index in [-0.39, 0.29) is 17.7 Å². The molecule has 0 spiro atoms. The van der Waals surface area contributed by atoms with Crippen LogP contribution in [0.5, 0.6) is 5.75 Å². The Morgan fingerprint density at radius 2 is 1.40 bits per heavy atom. The number of carbonyl (C=O) groups is 3. The van der Waals surface area contributed by atoms with Crippen molar-refractivity contribution in [2.45, 2.75) is 65.2 Å². The summed E-state index contributed by atoms with van der Waals surface area (Å²) in [6, 6.07) is 6.78. The lowest BCUT2D eigenvalue weighted by Crippen LogP contribution is -2.10. The fraction of sp³-hybridized carbons (Fsp3) is 0.550. The van der Waals surface area contributed by atoms with E-state index in [0.717, 1.165) is 38.5 Å². The van der Waals surface area contributed by atoms with Gasteiger partial charge in [-0.2, -0.15) is 0 Å². The summed E-state index contributed by atoms with van der Waals surface area (Å²) in [6.45, 7) is 3.70. The summed E-state index contributed by atoms with van der Waals surface area (Å²) in [6.07, 6.45) is 6.45. The van der Waals surface area contributed by atoms with E-state index >= 15 is 0 Å². The maximum absolute atomic E-state index is 11.9. The van der Waals surface area contributed by atoms with E-state index in [0.29, 0.717) is 30.8 Å². The van der Waals surface area contributed by atoms with E-state index in [4.69, 9.17) is 9.47 Å². The van der Waals surface area contributed by atoms with Crippen molar-refractivity contribution in [3.8, 4) is 5.75 Å². The van der Waals surface area contributed by atoms with Crippen LogP contribution in [-0.2, 0) is 14.3 Å². The van der Waals surface area contributed by atoms with Gasteiger partial charge < -0.3 is 9.47 Å². The van der Waals surface area contributed by atoms with Crippen molar-refractivity contribution in [1.29, 1.82) is 0 Å². The van der Waals surface area contributed by atoms with Crippen molar-refractivity contribution < 1.29 is 23.9 Å². The van der Waals surface area contributed by atoms with Crippen LogP contribution < -0.4 is 4.74 Å². The SMILES string of the molecule is CCOC(=O)CCCCCCCCC(=O)Oc1ccccc1C(C)=O. The van der Waals surface area contributed by atoms with Crippen LogP contribution in [0.25, 0.3) is 0 Å². The summed E-state index contributed by atoms with van der Waals surface area (Å²) in [5.74, 6) is -0.225. The van der Waals surface area contributed by atoms with E-state index < -0.39 is 0 Å². The number of ether oxygens (including phenoxy) is 2. The fourth-order valence-corrected chi connectivity index (χ4v) is 2.50. The molecular formula is C20H28O5. The van der Waals surface area contributed by atoms with Crippen LogP contribution in [0.2, 0.25) is 0 Å². The molecule has 0 heterocycles. The molecule has 0 aliphatic rings. The van der Waals surface area contributed by atoms with Crippen molar-refractivity contribution in [3.05, 3.63) is 29.8 Å². The average Bonchev–Trinajstić information content (AvgIpc) is 2.57. The molecule has 0 N–H and O–H groups in total. The largest absolute Gasteiger partial charge is 0.466 e. The molecule has 0 fully saturated rings. The normalized spacial score (nSPS) is 10.3. The van der Waals surface area contributed by atoms with Gasteiger partial charge in [-0.25, -0.2) is 0 Å². The zero-order valence-corrected chi connectivity index (χ0v) is 15.2. The summed E-state index contributed by atoms with van der Waals surface area (Å²) >= 11 is 0. The molecule has 0 aliphatic heterocycles. The molecule has 1 rings (SSSR count). The van der Waals surface area contributed by atoms with Crippen LogP contribution >= 0.6 is 0 Å². The first kappa shape index (κ1) is 20.9. The highest BCUT2D eigenvalue weighted by atomic mass is 16.5. The first-order valence-corrected chi connectivity index (χ1v) is 9.00. The lowest BCUT2D eigenvalue weighted by molar-refractivity contribution is -0.143. The highest BCUT2D eigenvalue weighted by Gasteiger charge is 2.11. The van der Waals surface area contributed by atoms with E-state index in [2.05, 4.69) is 0 Å². The molecule has 0 saturated heterocycles. The summed E-state index contributed by atoms with van der Waals surface area (Å²) < 4.78 is 10.2. The second kappa shape index (κ2) is 12.2. The summed E-state index contributed by atoms with van der Waals surface area (Å²) in [4.78, 5) is 34.5. The Balaban J connectivity index is 2.12. The Morgan fingerprint density at radius 1 is 0.840 bits per heavy atom. The van der Waals surface area contributed by atoms with Crippen LogP contribution in [-0.4, -0.2) is 24.3 Å². The number of carbonyl (C=O) groups excluding carboxylic acids is 3. The van der Waals surface area contributed by atoms with Gasteiger partial charge in [0.25, 0.3) is 0 Å². The minimum absolute atomic E-state index is 0.119. The highest BCUT2D eigenvalue weighted by molar-refractivity contribution is 5.97. The third kappa shape index (κ3) is 9.03. The number of rotatable bonds is 12. The number of unbranched alkanes of at least 4 members (excludes halogenated alkanes) is 5. The predicted octanol–water partition coefficient (Wildman–Crippen LogP) is 4.48. The van der Waals surface area contributed by atoms with E-state index in [1.807, 2.05) is 6.92 Å². The number of Topliss-reactive ketones (excluding diaryl/α,β-unsaturated/α-hetero) is 1. The van der Waals surface area contributed by atoms with Crippen molar-refractivity contribution in [3.63, 3.8) is 0 Å². The van der Waals surface area contributed by atoms with Gasteiger partial charge in [0, 0.05) is 12.8 Å². The minimum atomic E-state index is -0.309. The van der Waals surface area contributed by atoms with Crippen LogP contribution in [0.1, 0.15) is 75.6 Å². The number of benzene rings is 1. The molecule has 25 heavy (non-hydrogen) atoms. The Hall–Kier alpha value is -2.17. The van der Waals surface area contributed by atoms with E-state index in [9.17, 15) is 14.4 Å². The van der Waals surface area contributed by atoms with Crippen LogP contribution in [0.3, 0.4) is 0 Å². The van der Waals surface area contributed by atoms with Gasteiger partial charge in [-0.3, -0.25) is 14.4 Å². The molecule has 0 aliphatic carbocycles. The molecule has 1 aromatic carbocycles. The van der Waals surface area contributed by atoms with E-state index in [1.54, 1.807) is 24.3 Å². The van der Waals surface area contributed by atoms with Gasteiger partial charge in [0.1, 0.15) is 5.75 Å². The second-order valence-corrected chi connectivity index (χ2v) is 5.95. The number of ketones is 1. The molecule has 0 radical (unpaired) electrons. The van der Waals surface area contributed by atoms with Gasteiger partial charge in [0.05, 0.1) is 12.2 Å². The summed E-state index contributed by atoms with van der Waals surface area (Å²) in [7, 11) is 0. The lowest BCUT2D eigenvalue weighted by Gasteiger charge is -2.07. The smallest absolute Gasteiger partial charge is 0.311 e. The van der Waals surface area contributed by atoms with Crippen molar-refractivity contribution >= 4 is 17.7 Å². The molecule has 0 amide bonds. The second-order valence-electron chi connectivity index (χ2n) is 5.95. The maximum Gasteiger partial charge on any atom is 0.311 e. The highest BCUT2D eigenvalue weighted by Crippen LogP contribution is 2.19. The minimum Gasteiger partial charge on any atom is -0.466 e. The van der Waals surface area contributed by atoms with Gasteiger partial charge in [0.15, 0.2) is 5.78 Å². The molecular weight excluding hydrogens is 320 g/mol. The van der Waals surface area contributed by atoms with Crippen LogP contribution in [0.15, 0.2) is 24.3 Å². The average molecular weight is 348 g/mol. The zero-order valence-electron chi connectivity index (χ0n) is 15.2. The Kier molecular flexibility index (Phi) is 10.2. The quantitative estimate of drug-likeness (QED) is 0.241. The van der Waals surface area contributed by atoms with Gasteiger partial charge in [-0.15, -0.1) is 0 Å². The topological polar surface area (TPSA) is 69.7 Å². The maximum atomic E-state index is 11.9. The monoisotopic (exact) mass is 348 g/mol. The molecule has 5 nitrogen and oxygen atoms in total. The van der Waals surface area contributed by atoms with Crippen LogP contribution in [0.4, 0.5) is 0 Å². The third-order valence-electron chi connectivity index (χ3n) is 3.81. The molecule has 0 atom stereocenters. The number of hydrogen-bond donors (Lipinski definition) is 0. The Labute approximate surface area is 149 Å². The number of hydrogen-bond acceptors (Lipinski definition) is 5. The van der Waals surface area contributed by atoms with Crippen molar-refractivity contribution in [2.24, 2.45) is 0 Å². The Bertz CT molecular complexity index is 565. The summed E-state index contributed by atoms with van der Waals surface area (Å²) in [5.41, 5.74) is 0.428. The number of esters is 2. The fourth-order valence-electron chi connectivity index (χ4n) is 2.50. The van der Waals surface area contributed by atoms with Crippen molar-refractivity contribution in [1.82, 2.24) is 0 Å². The molecule has 1 aromatic rings. The predicted molar refractivity (Wildman–Crippen MR) is 95.7 cm³/mol. The summed E-state index contributed by atoms with van der Waals surface area (Å²) in [5, 5.41) is 0. The molecule has 0 unspecified atom stereocenters. The molecule has 0 saturated carbocycles. The Morgan fingerprint density at radius 3 is 2.00 bits per heavy atom. The van der Waals surface area contributed by atoms with Gasteiger partial charge in [0.2, 0.25) is 0 Å². The van der Waals surface area contributed by atoms with E-state index in [1.165, 1.54) is 6.92 Å². The molecule has 0 bridgehead atoms. The standard InChI is InChI=1S/C20H28O5/c1-3-24-19(22)14-8-6-4-5-7-9-15-20(23)25-18-13-11-10-12-17(18)16(2)21/h10-13H,3-9,14-15H2,1-2H3. The third-order valence-corrected chi connectivity index (χ3v) is 3.81. The first-order valence-electron chi connectivity index (χ1n) is 9.00. The van der Waals surface area contributed by atoms with Gasteiger partial charge >= 0.3 is 11.9 Å².